The minimum atomic E-state index is -0.00272. The van der Waals surface area contributed by atoms with Gasteiger partial charge in [0.1, 0.15) is 17.3 Å². The average molecular weight is 337 g/mol. The first-order valence-corrected chi connectivity index (χ1v) is 8.90. The Morgan fingerprint density at radius 3 is 2.48 bits per heavy atom. The van der Waals surface area contributed by atoms with Gasteiger partial charge in [-0.05, 0) is 31.9 Å². The molecule has 4 rings (SSSR count). The van der Waals surface area contributed by atoms with Crippen LogP contribution in [0.3, 0.4) is 0 Å². The average Bonchev–Trinajstić information content (AvgIpc) is 3.45. The highest BCUT2D eigenvalue weighted by Gasteiger charge is 2.25. The molecule has 0 spiro atoms. The van der Waals surface area contributed by atoms with Crippen molar-refractivity contribution in [1.82, 2.24) is 14.9 Å². The largest absolute Gasteiger partial charge is 0.368 e. The Morgan fingerprint density at radius 1 is 1.08 bits per heavy atom. The number of anilines is 2. The van der Waals surface area contributed by atoms with E-state index in [1.807, 2.05) is 30.0 Å². The number of aromatic nitrogens is 2. The Hall–Kier alpha value is -2.63. The summed E-state index contributed by atoms with van der Waals surface area (Å²) in [4.78, 5) is 25.8. The standard InChI is InChI=1S/C19H23N5O/c1-14-20-17(13-18(21-14)22-15-7-8-15)19(25)24-11-9-23(10-12-24)16-5-3-2-4-6-16/h2-6,13,15H,7-12H2,1H3,(H,20,21,22). The van der Waals surface area contributed by atoms with Crippen LogP contribution < -0.4 is 10.2 Å². The summed E-state index contributed by atoms with van der Waals surface area (Å²) in [5, 5.41) is 3.35. The van der Waals surface area contributed by atoms with E-state index in [1.165, 1.54) is 18.5 Å². The molecule has 1 saturated carbocycles. The van der Waals surface area contributed by atoms with E-state index in [2.05, 4.69) is 32.3 Å². The molecule has 130 valence electrons. The topological polar surface area (TPSA) is 61.4 Å². The number of hydrogen-bond acceptors (Lipinski definition) is 5. The quantitative estimate of drug-likeness (QED) is 0.928. The molecule has 2 fully saturated rings. The zero-order valence-electron chi connectivity index (χ0n) is 14.5. The molecule has 1 aromatic heterocycles. The number of rotatable bonds is 4. The molecule has 1 aliphatic carbocycles. The van der Waals surface area contributed by atoms with Gasteiger partial charge >= 0.3 is 0 Å². The smallest absolute Gasteiger partial charge is 0.272 e. The second kappa shape index (κ2) is 6.70. The molecule has 6 heteroatoms. The van der Waals surface area contributed by atoms with Gasteiger partial charge in [-0.15, -0.1) is 0 Å². The van der Waals surface area contributed by atoms with Crippen molar-refractivity contribution in [3.63, 3.8) is 0 Å². The second-order valence-electron chi connectivity index (χ2n) is 6.72. The van der Waals surface area contributed by atoms with Crippen LogP contribution in [0.25, 0.3) is 0 Å². The fraction of sp³-hybridized carbons (Fsp3) is 0.421. The van der Waals surface area contributed by atoms with Gasteiger partial charge in [-0.3, -0.25) is 4.79 Å². The second-order valence-corrected chi connectivity index (χ2v) is 6.72. The van der Waals surface area contributed by atoms with Crippen molar-refractivity contribution in [2.45, 2.75) is 25.8 Å². The van der Waals surface area contributed by atoms with Crippen molar-refractivity contribution in [3.05, 3.63) is 47.9 Å². The molecular weight excluding hydrogens is 314 g/mol. The Morgan fingerprint density at radius 2 is 1.80 bits per heavy atom. The molecule has 6 nitrogen and oxygen atoms in total. The van der Waals surface area contributed by atoms with Gasteiger partial charge < -0.3 is 15.1 Å². The Bertz CT molecular complexity index is 752. The lowest BCUT2D eigenvalue weighted by Crippen LogP contribution is -2.49. The highest BCUT2D eigenvalue weighted by Crippen LogP contribution is 2.24. The van der Waals surface area contributed by atoms with Crippen LogP contribution in [0.1, 0.15) is 29.2 Å². The van der Waals surface area contributed by atoms with Crippen molar-refractivity contribution >= 4 is 17.4 Å². The maximum atomic E-state index is 12.8. The Kier molecular flexibility index (Phi) is 4.26. The molecule has 1 aliphatic heterocycles. The van der Waals surface area contributed by atoms with Crippen molar-refractivity contribution in [2.24, 2.45) is 0 Å². The predicted octanol–water partition coefficient (Wildman–Crippen LogP) is 2.32. The van der Waals surface area contributed by atoms with Crippen LogP contribution in [-0.4, -0.2) is 53.0 Å². The predicted molar refractivity (Wildman–Crippen MR) is 98.0 cm³/mol. The van der Waals surface area contributed by atoms with Gasteiger partial charge in [0.2, 0.25) is 0 Å². The van der Waals surface area contributed by atoms with Crippen LogP contribution in [0, 0.1) is 6.92 Å². The third-order valence-corrected chi connectivity index (χ3v) is 4.67. The van der Waals surface area contributed by atoms with Gasteiger partial charge in [-0.2, -0.15) is 0 Å². The number of benzene rings is 1. The van der Waals surface area contributed by atoms with Crippen molar-refractivity contribution in [1.29, 1.82) is 0 Å². The van der Waals surface area contributed by atoms with E-state index in [0.29, 0.717) is 30.6 Å². The maximum absolute atomic E-state index is 12.8. The van der Waals surface area contributed by atoms with E-state index in [1.54, 1.807) is 6.07 Å². The third kappa shape index (κ3) is 3.73. The molecule has 25 heavy (non-hydrogen) atoms. The zero-order valence-corrected chi connectivity index (χ0v) is 14.5. The Balaban J connectivity index is 1.42. The van der Waals surface area contributed by atoms with Crippen molar-refractivity contribution < 1.29 is 4.79 Å². The third-order valence-electron chi connectivity index (χ3n) is 4.67. The number of piperazine rings is 1. The first-order chi connectivity index (χ1) is 12.2. The first kappa shape index (κ1) is 15.9. The van der Waals surface area contributed by atoms with E-state index in [9.17, 15) is 4.79 Å². The fourth-order valence-electron chi connectivity index (χ4n) is 3.16. The van der Waals surface area contributed by atoms with Crippen LogP contribution in [-0.2, 0) is 0 Å². The highest BCUT2D eigenvalue weighted by molar-refractivity contribution is 5.93. The SMILES string of the molecule is Cc1nc(NC2CC2)cc(C(=O)N2CCN(c3ccccc3)CC2)n1. The fourth-order valence-corrected chi connectivity index (χ4v) is 3.16. The number of carbonyl (C=O) groups excluding carboxylic acids is 1. The molecule has 1 N–H and O–H groups in total. The number of nitrogens with zero attached hydrogens (tertiary/aromatic N) is 4. The lowest BCUT2D eigenvalue weighted by molar-refractivity contribution is 0.0740. The van der Waals surface area contributed by atoms with Crippen LogP contribution in [0.2, 0.25) is 0 Å². The van der Waals surface area contributed by atoms with Gasteiger partial charge in [0.25, 0.3) is 5.91 Å². The Labute approximate surface area is 147 Å². The lowest BCUT2D eigenvalue weighted by atomic mass is 10.2. The summed E-state index contributed by atoms with van der Waals surface area (Å²) in [5.41, 5.74) is 1.70. The summed E-state index contributed by atoms with van der Waals surface area (Å²) < 4.78 is 0. The maximum Gasteiger partial charge on any atom is 0.272 e. The summed E-state index contributed by atoms with van der Waals surface area (Å²) in [6, 6.07) is 12.6. The first-order valence-electron chi connectivity index (χ1n) is 8.90. The summed E-state index contributed by atoms with van der Waals surface area (Å²) >= 11 is 0. The normalized spacial score (nSPS) is 17.5. The number of nitrogens with one attached hydrogen (secondary N) is 1. The van der Waals surface area contributed by atoms with E-state index in [-0.39, 0.29) is 5.91 Å². The molecule has 2 aromatic rings. The molecule has 1 aromatic carbocycles. The molecule has 0 unspecified atom stereocenters. The van der Waals surface area contributed by atoms with Crippen molar-refractivity contribution in [3.8, 4) is 0 Å². The molecule has 1 amide bonds. The number of amides is 1. The minimum Gasteiger partial charge on any atom is -0.368 e. The summed E-state index contributed by atoms with van der Waals surface area (Å²) in [6.45, 7) is 4.94. The zero-order chi connectivity index (χ0) is 17.2. The van der Waals surface area contributed by atoms with E-state index >= 15 is 0 Å². The van der Waals surface area contributed by atoms with Crippen LogP contribution in [0.5, 0.6) is 0 Å². The molecule has 0 atom stereocenters. The van der Waals surface area contributed by atoms with Gasteiger partial charge in [0, 0.05) is 44.0 Å². The van der Waals surface area contributed by atoms with E-state index < -0.39 is 0 Å². The van der Waals surface area contributed by atoms with Crippen LogP contribution in [0.4, 0.5) is 11.5 Å². The summed E-state index contributed by atoms with van der Waals surface area (Å²) in [7, 11) is 0. The monoisotopic (exact) mass is 337 g/mol. The molecule has 2 heterocycles. The number of aryl methyl sites for hydroxylation is 1. The van der Waals surface area contributed by atoms with Crippen LogP contribution >= 0.6 is 0 Å². The molecule has 1 saturated heterocycles. The minimum absolute atomic E-state index is 0.00272. The lowest BCUT2D eigenvalue weighted by Gasteiger charge is -2.36. The van der Waals surface area contributed by atoms with Crippen LogP contribution in [0.15, 0.2) is 36.4 Å². The number of para-hydroxylation sites is 1. The van der Waals surface area contributed by atoms with Gasteiger partial charge in [-0.25, -0.2) is 9.97 Å². The molecular formula is C19H23N5O. The summed E-state index contributed by atoms with van der Waals surface area (Å²) in [5.74, 6) is 1.40. The van der Waals surface area contributed by atoms with Gasteiger partial charge in [0.05, 0.1) is 0 Å². The van der Waals surface area contributed by atoms with Crippen molar-refractivity contribution in [2.75, 3.05) is 36.4 Å². The van der Waals surface area contributed by atoms with E-state index in [0.717, 1.165) is 18.9 Å². The number of carbonyl (C=O) groups is 1. The molecule has 0 bridgehead atoms. The molecule has 2 aliphatic rings. The van der Waals surface area contributed by atoms with Gasteiger partial charge in [0.15, 0.2) is 0 Å². The van der Waals surface area contributed by atoms with Gasteiger partial charge in [-0.1, -0.05) is 18.2 Å². The van der Waals surface area contributed by atoms with E-state index in [4.69, 9.17) is 0 Å². The number of hydrogen-bond donors (Lipinski definition) is 1. The summed E-state index contributed by atoms with van der Waals surface area (Å²) in [6.07, 6.45) is 2.35. The highest BCUT2D eigenvalue weighted by atomic mass is 16.2. The molecule has 0 radical (unpaired) electrons.